The topological polar surface area (TPSA) is 110 Å². The molecule has 1 heterocycles. The van der Waals surface area contributed by atoms with E-state index in [4.69, 9.17) is 5.73 Å². The maximum atomic E-state index is 12.1. The molecule has 1 saturated heterocycles. The molecule has 0 radical (unpaired) electrons. The van der Waals surface area contributed by atoms with Crippen LogP contribution in [0.3, 0.4) is 0 Å². The molecule has 2 amide bonds. The molecule has 1 rings (SSSR count). The molecule has 0 aliphatic carbocycles. The molecule has 122 valence electrons. The third-order valence-corrected chi connectivity index (χ3v) is 5.40. The highest BCUT2D eigenvalue weighted by atomic mass is 32.2. The number of hydrogen-bond donors (Lipinski definition) is 2. The maximum absolute atomic E-state index is 12.1. The van der Waals surface area contributed by atoms with Crippen molar-refractivity contribution in [3.63, 3.8) is 0 Å². The summed E-state index contributed by atoms with van der Waals surface area (Å²) >= 11 is 0. The Morgan fingerprint density at radius 1 is 1.38 bits per heavy atom. The van der Waals surface area contributed by atoms with Crippen LogP contribution < -0.4 is 11.1 Å². The van der Waals surface area contributed by atoms with E-state index in [2.05, 4.69) is 5.32 Å². The van der Waals surface area contributed by atoms with Crippen molar-refractivity contribution in [3.05, 3.63) is 0 Å². The van der Waals surface area contributed by atoms with Crippen molar-refractivity contribution in [1.29, 1.82) is 0 Å². The third-order valence-electron chi connectivity index (χ3n) is 3.63. The molecular weight excluding hydrogens is 294 g/mol. The van der Waals surface area contributed by atoms with Gasteiger partial charge in [0.2, 0.25) is 11.8 Å². The van der Waals surface area contributed by atoms with Gasteiger partial charge in [-0.1, -0.05) is 13.8 Å². The third kappa shape index (κ3) is 5.28. The van der Waals surface area contributed by atoms with Crippen LogP contribution in [0.25, 0.3) is 0 Å². The molecule has 3 N–H and O–H groups in total. The monoisotopic (exact) mass is 319 g/mol. The van der Waals surface area contributed by atoms with Gasteiger partial charge in [-0.3, -0.25) is 9.59 Å². The smallest absolute Gasteiger partial charge is 0.240 e. The average molecular weight is 319 g/mol. The minimum Gasteiger partial charge on any atom is -0.351 e. The van der Waals surface area contributed by atoms with Gasteiger partial charge in [0.05, 0.1) is 24.1 Å². The van der Waals surface area contributed by atoms with Crippen molar-refractivity contribution in [1.82, 2.24) is 10.2 Å². The Hall–Kier alpha value is -1.15. The van der Waals surface area contributed by atoms with Gasteiger partial charge in [-0.25, -0.2) is 8.42 Å². The van der Waals surface area contributed by atoms with Crippen LogP contribution in [0, 0.1) is 5.92 Å². The van der Waals surface area contributed by atoms with E-state index in [1.165, 1.54) is 4.90 Å². The van der Waals surface area contributed by atoms with Crippen LogP contribution >= 0.6 is 0 Å². The van der Waals surface area contributed by atoms with Crippen LogP contribution in [0.1, 0.15) is 27.2 Å². The number of nitrogens with two attached hydrogens (primary N) is 1. The first-order valence-electron chi connectivity index (χ1n) is 7.20. The number of nitrogens with one attached hydrogen (secondary N) is 1. The second kappa shape index (κ2) is 7.22. The van der Waals surface area contributed by atoms with Gasteiger partial charge in [-0.15, -0.1) is 0 Å². The largest absolute Gasteiger partial charge is 0.351 e. The fraction of sp³-hybridized carbons (Fsp3) is 0.846. The molecule has 0 saturated carbocycles. The molecule has 0 aromatic heterocycles. The fourth-order valence-electron chi connectivity index (χ4n) is 2.20. The summed E-state index contributed by atoms with van der Waals surface area (Å²) in [5, 5.41) is 2.67. The lowest BCUT2D eigenvalue weighted by Gasteiger charge is -2.26. The molecule has 8 heteroatoms. The van der Waals surface area contributed by atoms with Gasteiger partial charge < -0.3 is 16.0 Å². The fourth-order valence-corrected chi connectivity index (χ4v) is 3.87. The van der Waals surface area contributed by atoms with Gasteiger partial charge in [0.1, 0.15) is 0 Å². The van der Waals surface area contributed by atoms with Crippen molar-refractivity contribution in [3.8, 4) is 0 Å². The molecule has 1 fully saturated rings. The number of hydrogen-bond acceptors (Lipinski definition) is 5. The molecule has 0 aromatic rings. The highest BCUT2D eigenvalue weighted by molar-refractivity contribution is 7.91. The van der Waals surface area contributed by atoms with Gasteiger partial charge in [0.25, 0.3) is 0 Å². The minimum atomic E-state index is -3.03. The Kier molecular flexibility index (Phi) is 6.15. The van der Waals surface area contributed by atoms with Crippen LogP contribution in [-0.4, -0.2) is 61.8 Å². The van der Waals surface area contributed by atoms with Gasteiger partial charge in [0.15, 0.2) is 9.84 Å². The van der Waals surface area contributed by atoms with E-state index in [9.17, 15) is 18.0 Å². The van der Waals surface area contributed by atoms with Gasteiger partial charge >= 0.3 is 0 Å². The molecule has 1 aliphatic heterocycles. The Labute approximate surface area is 126 Å². The van der Waals surface area contributed by atoms with Gasteiger partial charge in [0, 0.05) is 12.6 Å². The van der Waals surface area contributed by atoms with E-state index in [0.717, 1.165) is 0 Å². The van der Waals surface area contributed by atoms with Crippen molar-refractivity contribution >= 4 is 21.7 Å². The number of carbonyl (C=O) groups is 2. The zero-order valence-electron chi connectivity index (χ0n) is 12.8. The Balaban J connectivity index is 2.53. The van der Waals surface area contributed by atoms with E-state index in [1.807, 2.05) is 13.8 Å². The standard InChI is InChI=1S/C13H25N3O4S/c1-4-16(13(18)12(14)9(2)3)7-11(17)15-10-5-6-21(19,20)8-10/h9-10,12H,4-8,14H2,1-3H3,(H,15,17)/t10?,12-/m0/s1. The summed E-state index contributed by atoms with van der Waals surface area (Å²) in [4.78, 5) is 25.4. The summed E-state index contributed by atoms with van der Waals surface area (Å²) in [6.45, 7) is 5.76. The molecule has 21 heavy (non-hydrogen) atoms. The first-order valence-corrected chi connectivity index (χ1v) is 9.02. The van der Waals surface area contributed by atoms with E-state index < -0.39 is 15.9 Å². The first kappa shape index (κ1) is 17.9. The van der Waals surface area contributed by atoms with Crippen molar-refractivity contribution in [2.24, 2.45) is 11.7 Å². The molecule has 0 spiro atoms. The van der Waals surface area contributed by atoms with Crippen LogP contribution in [-0.2, 0) is 19.4 Å². The minimum absolute atomic E-state index is 0.00501. The van der Waals surface area contributed by atoms with E-state index in [-0.39, 0.29) is 41.8 Å². The Morgan fingerprint density at radius 3 is 2.43 bits per heavy atom. The van der Waals surface area contributed by atoms with E-state index in [0.29, 0.717) is 13.0 Å². The van der Waals surface area contributed by atoms with Gasteiger partial charge in [-0.2, -0.15) is 0 Å². The van der Waals surface area contributed by atoms with Crippen LogP contribution in [0.15, 0.2) is 0 Å². The number of sulfone groups is 1. The second-order valence-electron chi connectivity index (χ2n) is 5.79. The highest BCUT2D eigenvalue weighted by Crippen LogP contribution is 2.11. The second-order valence-corrected chi connectivity index (χ2v) is 8.02. The molecule has 0 bridgehead atoms. The number of nitrogens with zero attached hydrogens (tertiary/aromatic N) is 1. The van der Waals surface area contributed by atoms with Crippen molar-refractivity contribution in [2.45, 2.75) is 39.3 Å². The summed E-state index contributed by atoms with van der Waals surface area (Å²) in [5.74, 6) is -0.531. The molecule has 0 aromatic carbocycles. The molecule has 1 aliphatic rings. The van der Waals surface area contributed by atoms with Crippen LogP contribution in [0.4, 0.5) is 0 Å². The molecular formula is C13H25N3O4S. The number of amides is 2. The number of carbonyl (C=O) groups excluding carboxylic acids is 2. The summed E-state index contributed by atoms with van der Waals surface area (Å²) in [7, 11) is -3.03. The lowest BCUT2D eigenvalue weighted by molar-refractivity contribution is -0.137. The van der Waals surface area contributed by atoms with E-state index in [1.54, 1.807) is 6.92 Å². The van der Waals surface area contributed by atoms with Crippen LogP contribution in [0.5, 0.6) is 0 Å². The van der Waals surface area contributed by atoms with Gasteiger partial charge in [-0.05, 0) is 19.3 Å². The summed E-state index contributed by atoms with van der Waals surface area (Å²) in [6.07, 6.45) is 0.430. The lowest BCUT2D eigenvalue weighted by atomic mass is 10.0. The first-order chi connectivity index (χ1) is 9.66. The molecule has 7 nitrogen and oxygen atoms in total. The van der Waals surface area contributed by atoms with Crippen molar-refractivity contribution < 1.29 is 18.0 Å². The normalized spacial score (nSPS) is 22.0. The summed E-state index contributed by atoms with van der Waals surface area (Å²) in [6, 6.07) is -0.986. The molecule has 2 atom stereocenters. The zero-order chi connectivity index (χ0) is 16.2. The predicted molar refractivity (Wildman–Crippen MR) is 80.3 cm³/mol. The maximum Gasteiger partial charge on any atom is 0.240 e. The predicted octanol–water partition coefficient (Wildman–Crippen LogP) is -0.878. The quantitative estimate of drug-likeness (QED) is 0.661. The van der Waals surface area contributed by atoms with E-state index >= 15 is 0 Å². The highest BCUT2D eigenvalue weighted by Gasteiger charge is 2.30. The summed E-state index contributed by atoms with van der Waals surface area (Å²) < 4.78 is 22.7. The summed E-state index contributed by atoms with van der Waals surface area (Å²) in [5.41, 5.74) is 5.81. The lowest BCUT2D eigenvalue weighted by Crippen LogP contribution is -2.50. The average Bonchev–Trinajstić information content (AvgIpc) is 2.73. The zero-order valence-corrected chi connectivity index (χ0v) is 13.6. The number of rotatable bonds is 6. The van der Waals surface area contributed by atoms with Crippen molar-refractivity contribution in [2.75, 3.05) is 24.6 Å². The SMILES string of the molecule is CCN(CC(=O)NC1CCS(=O)(=O)C1)C(=O)[C@@H](N)C(C)C. The Morgan fingerprint density at radius 2 is 2.00 bits per heavy atom. The molecule has 1 unspecified atom stereocenters. The Bertz CT molecular complexity index is 490. The number of likely N-dealkylation sites (N-methyl/N-ethyl adjacent to an activating group) is 1. The van der Waals surface area contributed by atoms with Crippen LogP contribution in [0.2, 0.25) is 0 Å².